The van der Waals surface area contributed by atoms with E-state index in [2.05, 4.69) is 51.5 Å². The van der Waals surface area contributed by atoms with Crippen molar-refractivity contribution in [1.29, 1.82) is 0 Å². The molecule has 0 saturated heterocycles. The van der Waals surface area contributed by atoms with Gasteiger partial charge < -0.3 is 0 Å². The Labute approximate surface area is 160 Å². The van der Waals surface area contributed by atoms with Gasteiger partial charge >= 0.3 is 0 Å². The van der Waals surface area contributed by atoms with Crippen LogP contribution in [-0.2, 0) is 11.2 Å². The number of aromatic nitrogens is 2. The number of anilines is 1. The van der Waals surface area contributed by atoms with Crippen molar-refractivity contribution in [3.05, 3.63) is 18.0 Å². The van der Waals surface area contributed by atoms with E-state index >= 15 is 0 Å². The summed E-state index contributed by atoms with van der Waals surface area (Å²) in [6.07, 6.45) is 13.1. The highest BCUT2D eigenvalue weighted by atomic mass is 16.2. The summed E-state index contributed by atoms with van der Waals surface area (Å²) in [6.45, 7) is 13.0. The lowest BCUT2D eigenvalue weighted by Crippen LogP contribution is -2.41. The van der Waals surface area contributed by atoms with Crippen molar-refractivity contribution < 1.29 is 4.79 Å². The lowest BCUT2D eigenvalue weighted by atomic mass is 9.86. The van der Waals surface area contributed by atoms with E-state index in [-0.39, 0.29) is 17.4 Å². The fourth-order valence-electron chi connectivity index (χ4n) is 2.98. The van der Waals surface area contributed by atoms with Crippen molar-refractivity contribution >= 4 is 11.9 Å². The van der Waals surface area contributed by atoms with Gasteiger partial charge in [0.2, 0.25) is 11.9 Å². The SMILES string of the molecule is CCCCCC(C)N(C(=O)CC(C)(C)CC)c1ncc(CCCC)cn1. The largest absolute Gasteiger partial charge is 0.278 e. The predicted molar refractivity (Wildman–Crippen MR) is 110 cm³/mol. The van der Waals surface area contributed by atoms with Gasteiger partial charge in [0.25, 0.3) is 0 Å². The average molecular weight is 362 g/mol. The number of unbranched alkanes of at least 4 members (excludes halogenated alkanes) is 3. The molecule has 1 unspecified atom stereocenters. The van der Waals surface area contributed by atoms with Crippen LogP contribution in [0.4, 0.5) is 5.95 Å². The highest BCUT2D eigenvalue weighted by molar-refractivity contribution is 5.92. The van der Waals surface area contributed by atoms with E-state index in [1.54, 1.807) is 0 Å². The van der Waals surface area contributed by atoms with E-state index < -0.39 is 0 Å². The van der Waals surface area contributed by atoms with Crippen molar-refractivity contribution in [3.8, 4) is 0 Å². The molecule has 1 atom stereocenters. The van der Waals surface area contributed by atoms with Gasteiger partial charge in [-0.3, -0.25) is 9.69 Å². The minimum atomic E-state index is -0.000458. The van der Waals surface area contributed by atoms with Crippen LogP contribution in [-0.4, -0.2) is 21.9 Å². The van der Waals surface area contributed by atoms with E-state index in [0.717, 1.165) is 44.1 Å². The summed E-state index contributed by atoms with van der Waals surface area (Å²) in [6, 6.07) is 0.128. The van der Waals surface area contributed by atoms with Gasteiger partial charge in [0, 0.05) is 24.9 Å². The zero-order chi connectivity index (χ0) is 19.6. The smallest absolute Gasteiger partial charge is 0.232 e. The van der Waals surface area contributed by atoms with Crippen molar-refractivity contribution in [3.63, 3.8) is 0 Å². The Morgan fingerprint density at radius 3 is 2.23 bits per heavy atom. The van der Waals surface area contributed by atoms with Crippen LogP contribution in [0.5, 0.6) is 0 Å². The summed E-state index contributed by atoms with van der Waals surface area (Å²) in [5.41, 5.74) is 1.15. The van der Waals surface area contributed by atoms with Crippen molar-refractivity contribution in [2.24, 2.45) is 5.41 Å². The third-order valence-corrected chi connectivity index (χ3v) is 5.25. The minimum absolute atomic E-state index is 0.000458. The van der Waals surface area contributed by atoms with E-state index in [9.17, 15) is 4.79 Å². The number of hydrogen-bond acceptors (Lipinski definition) is 3. The molecule has 0 aromatic carbocycles. The maximum absolute atomic E-state index is 13.1. The van der Waals surface area contributed by atoms with Gasteiger partial charge in [-0.05, 0) is 37.2 Å². The van der Waals surface area contributed by atoms with Crippen molar-refractivity contribution in [2.45, 2.75) is 105 Å². The second-order valence-electron chi connectivity index (χ2n) is 8.30. The Bertz CT molecular complexity index is 525. The van der Waals surface area contributed by atoms with Gasteiger partial charge in [-0.25, -0.2) is 9.97 Å². The third kappa shape index (κ3) is 7.43. The zero-order valence-corrected chi connectivity index (χ0v) is 17.8. The molecule has 1 heterocycles. The Morgan fingerprint density at radius 2 is 1.69 bits per heavy atom. The topological polar surface area (TPSA) is 46.1 Å². The van der Waals surface area contributed by atoms with Gasteiger partial charge in [-0.15, -0.1) is 0 Å². The van der Waals surface area contributed by atoms with Gasteiger partial charge in [-0.2, -0.15) is 0 Å². The molecule has 1 aromatic rings. The molecule has 0 radical (unpaired) electrons. The first-order valence-electron chi connectivity index (χ1n) is 10.5. The standard InChI is InChI=1S/C22H39N3O/c1-7-10-12-13-18(4)25(20(26)15-22(5,6)9-3)21-23-16-19(17-24-21)14-11-8-2/h16-18H,7-15H2,1-6H3. The molecule has 1 rings (SSSR count). The molecule has 4 nitrogen and oxygen atoms in total. The van der Waals surface area contributed by atoms with Crippen LogP contribution in [0.3, 0.4) is 0 Å². The number of carbonyl (C=O) groups is 1. The second kappa shape index (κ2) is 11.3. The van der Waals surface area contributed by atoms with Crippen molar-refractivity contribution in [2.75, 3.05) is 4.90 Å². The molecule has 0 saturated carbocycles. The fourth-order valence-corrected chi connectivity index (χ4v) is 2.98. The average Bonchev–Trinajstić information content (AvgIpc) is 2.61. The van der Waals surface area contributed by atoms with Crippen molar-refractivity contribution in [1.82, 2.24) is 9.97 Å². The molecule has 148 valence electrons. The molecule has 0 N–H and O–H groups in total. The molecule has 1 amide bonds. The highest BCUT2D eigenvalue weighted by Crippen LogP contribution is 2.28. The van der Waals surface area contributed by atoms with Gasteiger partial charge in [0.05, 0.1) is 0 Å². The van der Waals surface area contributed by atoms with Gasteiger partial charge in [-0.1, -0.05) is 66.7 Å². The van der Waals surface area contributed by atoms with Crippen LogP contribution in [0.2, 0.25) is 0 Å². The van der Waals surface area contributed by atoms with Crippen LogP contribution >= 0.6 is 0 Å². The number of carbonyl (C=O) groups excluding carboxylic acids is 1. The van der Waals surface area contributed by atoms with Crippen LogP contribution in [0, 0.1) is 5.41 Å². The third-order valence-electron chi connectivity index (χ3n) is 5.25. The maximum Gasteiger partial charge on any atom is 0.232 e. The molecule has 0 spiro atoms. The van der Waals surface area contributed by atoms with E-state index in [1.165, 1.54) is 12.8 Å². The molecule has 0 bridgehead atoms. The Balaban J connectivity index is 2.97. The van der Waals surface area contributed by atoms with Crippen LogP contribution in [0.15, 0.2) is 12.4 Å². The quantitative estimate of drug-likeness (QED) is 0.432. The lowest BCUT2D eigenvalue weighted by Gasteiger charge is -2.31. The normalized spacial score (nSPS) is 12.8. The van der Waals surface area contributed by atoms with Crippen LogP contribution < -0.4 is 4.90 Å². The molecule has 0 aliphatic carbocycles. The first kappa shape index (κ1) is 22.6. The highest BCUT2D eigenvalue weighted by Gasteiger charge is 2.29. The van der Waals surface area contributed by atoms with Gasteiger partial charge in [0.1, 0.15) is 0 Å². The molecule has 1 aromatic heterocycles. The monoisotopic (exact) mass is 361 g/mol. The summed E-state index contributed by atoms with van der Waals surface area (Å²) < 4.78 is 0. The Hall–Kier alpha value is -1.45. The first-order chi connectivity index (χ1) is 12.3. The number of nitrogens with zero attached hydrogens (tertiary/aromatic N) is 3. The predicted octanol–water partition coefficient (Wildman–Crippen LogP) is 5.95. The van der Waals surface area contributed by atoms with E-state index in [4.69, 9.17) is 0 Å². The number of aryl methyl sites for hydroxylation is 1. The molecule has 0 aliphatic heterocycles. The Morgan fingerprint density at radius 1 is 1.08 bits per heavy atom. The first-order valence-corrected chi connectivity index (χ1v) is 10.5. The molecule has 26 heavy (non-hydrogen) atoms. The summed E-state index contributed by atoms with van der Waals surface area (Å²) in [5.74, 6) is 0.702. The van der Waals surface area contributed by atoms with Crippen LogP contribution in [0.25, 0.3) is 0 Å². The number of amides is 1. The molecule has 0 aliphatic rings. The lowest BCUT2D eigenvalue weighted by molar-refractivity contribution is -0.121. The molecular formula is C22H39N3O. The number of hydrogen-bond donors (Lipinski definition) is 0. The minimum Gasteiger partial charge on any atom is -0.278 e. The summed E-state index contributed by atoms with van der Waals surface area (Å²) >= 11 is 0. The second-order valence-corrected chi connectivity index (χ2v) is 8.30. The number of rotatable bonds is 12. The summed E-state index contributed by atoms with van der Waals surface area (Å²) in [7, 11) is 0. The fraction of sp³-hybridized carbons (Fsp3) is 0.773. The van der Waals surface area contributed by atoms with E-state index in [1.807, 2.05) is 17.3 Å². The Kier molecular flexibility index (Phi) is 9.82. The maximum atomic E-state index is 13.1. The summed E-state index contributed by atoms with van der Waals surface area (Å²) in [5, 5.41) is 0. The molecular weight excluding hydrogens is 322 g/mol. The molecule has 4 heteroatoms. The van der Waals surface area contributed by atoms with Crippen LogP contribution in [0.1, 0.15) is 98.5 Å². The zero-order valence-electron chi connectivity index (χ0n) is 17.8. The summed E-state index contributed by atoms with van der Waals surface area (Å²) in [4.78, 5) is 24.0. The van der Waals surface area contributed by atoms with E-state index in [0.29, 0.717) is 12.4 Å². The molecule has 0 fully saturated rings. The van der Waals surface area contributed by atoms with Gasteiger partial charge in [0.15, 0.2) is 0 Å².